The standard InChI is InChI=1S/C15H22F3N3S/c1-11(21-14(19-2)20-8-5-9-22-3)12-6-4-7-13(10-12)15(16,17)18/h4,6-7,10-11H,5,8-9H2,1-3H3,(H2,19,20,21). The zero-order chi connectivity index (χ0) is 16.6. The van der Waals surface area contributed by atoms with Gasteiger partial charge in [-0.2, -0.15) is 24.9 Å². The summed E-state index contributed by atoms with van der Waals surface area (Å²) in [5, 5.41) is 6.26. The predicted molar refractivity (Wildman–Crippen MR) is 87.4 cm³/mol. The van der Waals surface area contributed by atoms with E-state index in [4.69, 9.17) is 0 Å². The fourth-order valence-corrected chi connectivity index (χ4v) is 2.32. The van der Waals surface area contributed by atoms with Crippen molar-refractivity contribution >= 4 is 17.7 Å². The van der Waals surface area contributed by atoms with E-state index in [0.717, 1.165) is 24.8 Å². The first-order valence-corrected chi connectivity index (χ1v) is 8.41. The second-order valence-corrected chi connectivity index (χ2v) is 5.82. The number of alkyl halides is 3. The van der Waals surface area contributed by atoms with Gasteiger partial charge in [0.05, 0.1) is 11.6 Å². The minimum Gasteiger partial charge on any atom is -0.356 e. The van der Waals surface area contributed by atoms with Gasteiger partial charge in [-0.1, -0.05) is 12.1 Å². The molecule has 0 aliphatic heterocycles. The van der Waals surface area contributed by atoms with Crippen molar-refractivity contribution in [2.75, 3.05) is 25.6 Å². The van der Waals surface area contributed by atoms with Crippen molar-refractivity contribution in [1.82, 2.24) is 10.6 Å². The highest BCUT2D eigenvalue weighted by molar-refractivity contribution is 7.98. The van der Waals surface area contributed by atoms with E-state index in [2.05, 4.69) is 15.6 Å². The molecule has 22 heavy (non-hydrogen) atoms. The van der Waals surface area contributed by atoms with Crippen LogP contribution in [0, 0.1) is 0 Å². The van der Waals surface area contributed by atoms with E-state index in [-0.39, 0.29) is 6.04 Å². The summed E-state index contributed by atoms with van der Waals surface area (Å²) in [5.41, 5.74) is -0.0662. The van der Waals surface area contributed by atoms with Gasteiger partial charge in [0.2, 0.25) is 0 Å². The van der Waals surface area contributed by atoms with E-state index in [9.17, 15) is 13.2 Å². The Balaban J connectivity index is 2.65. The quantitative estimate of drug-likeness (QED) is 0.474. The molecule has 0 saturated carbocycles. The van der Waals surface area contributed by atoms with Gasteiger partial charge in [-0.15, -0.1) is 0 Å². The fourth-order valence-electron chi connectivity index (χ4n) is 1.89. The molecule has 0 bridgehead atoms. The molecule has 0 fully saturated rings. The van der Waals surface area contributed by atoms with E-state index in [0.29, 0.717) is 11.5 Å². The maximum Gasteiger partial charge on any atom is 0.416 e. The maximum atomic E-state index is 12.7. The summed E-state index contributed by atoms with van der Waals surface area (Å²) >= 11 is 1.77. The Morgan fingerprint density at radius 2 is 2.09 bits per heavy atom. The van der Waals surface area contributed by atoms with Gasteiger partial charge < -0.3 is 10.6 Å². The van der Waals surface area contributed by atoms with Gasteiger partial charge >= 0.3 is 6.18 Å². The van der Waals surface area contributed by atoms with Crippen LogP contribution < -0.4 is 10.6 Å². The van der Waals surface area contributed by atoms with Crippen LogP contribution in [-0.4, -0.2) is 31.6 Å². The van der Waals surface area contributed by atoms with Crippen LogP contribution in [0.4, 0.5) is 13.2 Å². The highest BCUT2D eigenvalue weighted by Crippen LogP contribution is 2.30. The third-order valence-electron chi connectivity index (χ3n) is 3.11. The summed E-state index contributed by atoms with van der Waals surface area (Å²) in [5.74, 6) is 1.64. The molecule has 1 aromatic rings. The molecular formula is C15H22F3N3S. The molecule has 0 aliphatic rings. The molecule has 1 aromatic carbocycles. The van der Waals surface area contributed by atoms with Crippen LogP contribution in [0.3, 0.4) is 0 Å². The molecule has 0 radical (unpaired) electrons. The van der Waals surface area contributed by atoms with Crippen molar-refractivity contribution in [3.05, 3.63) is 35.4 Å². The van der Waals surface area contributed by atoms with Crippen LogP contribution in [0.2, 0.25) is 0 Å². The zero-order valence-corrected chi connectivity index (χ0v) is 13.8. The Bertz CT molecular complexity index is 489. The molecule has 0 spiro atoms. The first-order valence-electron chi connectivity index (χ1n) is 7.01. The summed E-state index contributed by atoms with van der Waals surface area (Å²) in [6, 6.07) is 5.07. The number of nitrogens with zero attached hydrogens (tertiary/aromatic N) is 1. The SMILES string of the molecule is CN=C(NCCCSC)NC(C)c1cccc(C(F)(F)F)c1. The van der Waals surface area contributed by atoms with Crippen molar-refractivity contribution in [2.45, 2.75) is 25.6 Å². The van der Waals surface area contributed by atoms with E-state index >= 15 is 0 Å². The number of aliphatic imine (C=N–C) groups is 1. The summed E-state index contributed by atoms with van der Waals surface area (Å²) in [6.45, 7) is 2.58. The normalized spacial score (nSPS) is 13.8. The Labute approximate surface area is 133 Å². The fraction of sp³-hybridized carbons (Fsp3) is 0.533. The number of rotatable bonds is 6. The topological polar surface area (TPSA) is 36.4 Å². The van der Waals surface area contributed by atoms with Gasteiger partial charge in [-0.25, -0.2) is 0 Å². The lowest BCUT2D eigenvalue weighted by molar-refractivity contribution is -0.137. The molecule has 1 rings (SSSR count). The van der Waals surface area contributed by atoms with Crippen LogP contribution in [-0.2, 0) is 6.18 Å². The first-order chi connectivity index (χ1) is 10.4. The third kappa shape index (κ3) is 6.17. The van der Waals surface area contributed by atoms with Crippen molar-refractivity contribution in [1.29, 1.82) is 0 Å². The molecule has 0 saturated heterocycles. The number of nitrogens with one attached hydrogen (secondary N) is 2. The molecule has 1 atom stereocenters. The molecular weight excluding hydrogens is 311 g/mol. The lowest BCUT2D eigenvalue weighted by Gasteiger charge is -2.19. The van der Waals surface area contributed by atoms with Crippen LogP contribution in [0.1, 0.15) is 30.5 Å². The van der Waals surface area contributed by atoms with Crippen LogP contribution in [0.25, 0.3) is 0 Å². The molecule has 3 nitrogen and oxygen atoms in total. The highest BCUT2D eigenvalue weighted by Gasteiger charge is 2.30. The average molecular weight is 333 g/mol. The predicted octanol–water partition coefficient (Wildman–Crippen LogP) is 3.68. The molecule has 2 N–H and O–H groups in total. The minimum atomic E-state index is -4.33. The minimum absolute atomic E-state index is 0.269. The summed E-state index contributed by atoms with van der Waals surface area (Å²) in [4.78, 5) is 4.09. The lowest BCUT2D eigenvalue weighted by atomic mass is 10.1. The molecule has 0 aliphatic carbocycles. The number of hydrogen-bond acceptors (Lipinski definition) is 2. The van der Waals surface area contributed by atoms with Gasteiger partial charge in [0.15, 0.2) is 5.96 Å². The first kappa shape index (κ1) is 18.7. The molecule has 124 valence electrons. The average Bonchev–Trinajstić information content (AvgIpc) is 2.49. The molecule has 1 unspecified atom stereocenters. The molecule has 0 amide bonds. The second kappa shape index (κ2) is 8.92. The third-order valence-corrected chi connectivity index (χ3v) is 3.81. The van der Waals surface area contributed by atoms with Crippen LogP contribution in [0.5, 0.6) is 0 Å². The van der Waals surface area contributed by atoms with Crippen molar-refractivity contribution in [3.63, 3.8) is 0 Å². The number of halogens is 3. The van der Waals surface area contributed by atoms with Gasteiger partial charge in [-0.3, -0.25) is 4.99 Å². The van der Waals surface area contributed by atoms with E-state index in [1.165, 1.54) is 12.1 Å². The van der Waals surface area contributed by atoms with Gasteiger partial charge in [-0.05, 0) is 43.0 Å². The van der Waals surface area contributed by atoms with Gasteiger partial charge in [0.25, 0.3) is 0 Å². The molecule has 0 heterocycles. The Morgan fingerprint density at radius 3 is 2.68 bits per heavy atom. The zero-order valence-electron chi connectivity index (χ0n) is 13.0. The van der Waals surface area contributed by atoms with Crippen molar-refractivity contribution < 1.29 is 13.2 Å². The van der Waals surface area contributed by atoms with Crippen LogP contribution >= 0.6 is 11.8 Å². The number of thioether (sulfide) groups is 1. The lowest BCUT2D eigenvalue weighted by Crippen LogP contribution is -2.39. The van der Waals surface area contributed by atoms with Crippen molar-refractivity contribution in [3.8, 4) is 0 Å². The number of benzene rings is 1. The summed E-state index contributed by atoms with van der Waals surface area (Å²) in [6.07, 6.45) is -1.28. The van der Waals surface area contributed by atoms with Gasteiger partial charge in [0, 0.05) is 13.6 Å². The smallest absolute Gasteiger partial charge is 0.356 e. The Hall–Kier alpha value is -1.37. The number of guanidine groups is 1. The molecule has 7 heteroatoms. The summed E-state index contributed by atoms with van der Waals surface area (Å²) < 4.78 is 38.2. The van der Waals surface area contributed by atoms with E-state index in [1.54, 1.807) is 24.9 Å². The number of hydrogen-bond donors (Lipinski definition) is 2. The second-order valence-electron chi connectivity index (χ2n) is 4.83. The molecule has 0 aromatic heterocycles. The van der Waals surface area contributed by atoms with Crippen molar-refractivity contribution in [2.24, 2.45) is 4.99 Å². The highest BCUT2D eigenvalue weighted by atomic mass is 32.2. The van der Waals surface area contributed by atoms with E-state index < -0.39 is 11.7 Å². The summed E-state index contributed by atoms with van der Waals surface area (Å²) in [7, 11) is 1.64. The Kier molecular flexibility index (Phi) is 7.58. The van der Waals surface area contributed by atoms with Crippen LogP contribution in [0.15, 0.2) is 29.3 Å². The van der Waals surface area contributed by atoms with E-state index in [1.807, 2.05) is 13.2 Å². The van der Waals surface area contributed by atoms with Gasteiger partial charge in [0.1, 0.15) is 0 Å². The Morgan fingerprint density at radius 1 is 1.36 bits per heavy atom. The largest absolute Gasteiger partial charge is 0.416 e. The maximum absolute atomic E-state index is 12.7. The monoisotopic (exact) mass is 333 g/mol.